The van der Waals surface area contributed by atoms with Gasteiger partial charge in [-0.2, -0.15) is 0 Å². The predicted molar refractivity (Wildman–Crippen MR) is 121 cm³/mol. The summed E-state index contributed by atoms with van der Waals surface area (Å²) >= 11 is 0. The monoisotopic (exact) mass is 413 g/mol. The standard InChI is InChI=1S/C25H27N5O/c31-25-23-13-27-12-22(19-5-6-19)21(23)8-9-29(25)15-20-16-30-14-18(4-7-24(30)28-20)11-26-10-17-2-1-3-17/h4,7-9,12-14,16-17,19,26H,1-3,5-6,10-11,15H2. The molecule has 4 aromatic rings. The molecular weight excluding hydrogens is 386 g/mol. The van der Waals surface area contributed by atoms with Crippen molar-refractivity contribution in [3.05, 3.63) is 76.4 Å². The zero-order valence-corrected chi connectivity index (χ0v) is 17.6. The summed E-state index contributed by atoms with van der Waals surface area (Å²) in [6.07, 6.45) is 16.2. The van der Waals surface area contributed by atoms with Gasteiger partial charge in [0.05, 0.1) is 17.6 Å². The highest BCUT2D eigenvalue weighted by Gasteiger charge is 2.26. The van der Waals surface area contributed by atoms with Crippen LogP contribution in [0.25, 0.3) is 16.4 Å². The predicted octanol–water partition coefficient (Wildman–Crippen LogP) is 3.86. The van der Waals surface area contributed by atoms with Gasteiger partial charge in [0.1, 0.15) is 5.65 Å². The van der Waals surface area contributed by atoms with Crippen LogP contribution in [0.3, 0.4) is 0 Å². The minimum Gasteiger partial charge on any atom is -0.312 e. The molecule has 6 nitrogen and oxygen atoms in total. The largest absolute Gasteiger partial charge is 0.312 e. The second kappa shape index (κ2) is 7.61. The van der Waals surface area contributed by atoms with Crippen LogP contribution in [-0.2, 0) is 13.1 Å². The number of aromatic nitrogens is 4. The van der Waals surface area contributed by atoms with Gasteiger partial charge in [-0.3, -0.25) is 9.78 Å². The number of nitrogens with one attached hydrogen (secondary N) is 1. The molecule has 4 heterocycles. The van der Waals surface area contributed by atoms with Crippen LogP contribution in [0.15, 0.2) is 54.0 Å². The molecule has 0 spiro atoms. The molecular formula is C25H27N5O. The molecule has 2 fully saturated rings. The highest BCUT2D eigenvalue weighted by atomic mass is 16.1. The van der Waals surface area contributed by atoms with E-state index in [0.717, 1.165) is 35.7 Å². The topological polar surface area (TPSA) is 64.2 Å². The molecule has 158 valence electrons. The molecule has 0 amide bonds. The Bertz CT molecular complexity index is 1310. The Morgan fingerprint density at radius 1 is 1.03 bits per heavy atom. The Kier molecular flexibility index (Phi) is 4.60. The Balaban J connectivity index is 1.23. The van der Waals surface area contributed by atoms with Crippen molar-refractivity contribution in [1.82, 2.24) is 24.3 Å². The number of hydrogen-bond acceptors (Lipinski definition) is 4. The van der Waals surface area contributed by atoms with Crippen molar-refractivity contribution < 1.29 is 0 Å². The number of hydrogen-bond donors (Lipinski definition) is 1. The van der Waals surface area contributed by atoms with Crippen LogP contribution in [0.4, 0.5) is 0 Å². The van der Waals surface area contributed by atoms with Gasteiger partial charge in [0.15, 0.2) is 0 Å². The van der Waals surface area contributed by atoms with Crippen LogP contribution in [0, 0.1) is 5.92 Å². The summed E-state index contributed by atoms with van der Waals surface area (Å²) in [5, 5.41) is 5.32. The average Bonchev–Trinajstić information content (AvgIpc) is 3.51. The van der Waals surface area contributed by atoms with Gasteiger partial charge in [-0.05, 0) is 72.7 Å². The first-order valence-corrected chi connectivity index (χ1v) is 11.4. The van der Waals surface area contributed by atoms with Gasteiger partial charge in [0.2, 0.25) is 0 Å². The molecule has 1 N–H and O–H groups in total. The first-order chi connectivity index (χ1) is 15.2. The summed E-state index contributed by atoms with van der Waals surface area (Å²) in [6.45, 7) is 2.44. The molecule has 0 unspecified atom stereocenters. The molecule has 0 saturated heterocycles. The average molecular weight is 414 g/mol. The first kappa shape index (κ1) is 18.8. The van der Waals surface area contributed by atoms with Crippen molar-refractivity contribution in [2.24, 2.45) is 5.92 Å². The van der Waals surface area contributed by atoms with Crippen LogP contribution in [0.2, 0.25) is 0 Å². The summed E-state index contributed by atoms with van der Waals surface area (Å²) in [7, 11) is 0. The molecule has 0 bridgehead atoms. The molecule has 6 rings (SSSR count). The maximum atomic E-state index is 13.1. The Hall–Kier alpha value is -2.99. The minimum absolute atomic E-state index is 0.00504. The van der Waals surface area contributed by atoms with Crippen molar-refractivity contribution >= 4 is 16.4 Å². The van der Waals surface area contributed by atoms with E-state index in [1.807, 2.05) is 18.6 Å². The number of pyridine rings is 3. The van der Waals surface area contributed by atoms with E-state index < -0.39 is 0 Å². The molecule has 2 saturated carbocycles. The molecule has 4 aromatic heterocycles. The lowest BCUT2D eigenvalue weighted by atomic mass is 9.85. The number of imidazole rings is 1. The fourth-order valence-corrected chi connectivity index (χ4v) is 4.64. The fourth-order valence-electron chi connectivity index (χ4n) is 4.64. The highest BCUT2D eigenvalue weighted by molar-refractivity contribution is 5.84. The molecule has 0 aromatic carbocycles. The van der Waals surface area contributed by atoms with Gasteiger partial charge < -0.3 is 14.3 Å². The van der Waals surface area contributed by atoms with Crippen molar-refractivity contribution in [1.29, 1.82) is 0 Å². The van der Waals surface area contributed by atoms with E-state index in [4.69, 9.17) is 4.98 Å². The Morgan fingerprint density at radius 2 is 1.94 bits per heavy atom. The molecule has 0 radical (unpaired) electrons. The quantitative estimate of drug-likeness (QED) is 0.500. The lowest BCUT2D eigenvalue weighted by molar-refractivity contribution is 0.301. The number of fused-ring (bicyclic) bond motifs is 2. The maximum absolute atomic E-state index is 13.1. The molecule has 6 heteroatoms. The molecule has 2 aliphatic carbocycles. The lowest BCUT2D eigenvalue weighted by Gasteiger charge is -2.25. The van der Waals surface area contributed by atoms with Gasteiger partial charge in [-0.15, -0.1) is 0 Å². The van der Waals surface area contributed by atoms with Crippen molar-refractivity contribution in [3.63, 3.8) is 0 Å². The second-order valence-electron chi connectivity index (χ2n) is 9.18. The number of nitrogens with zero attached hydrogens (tertiary/aromatic N) is 4. The van der Waals surface area contributed by atoms with Crippen LogP contribution in [0.5, 0.6) is 0 Å². The van der Waals surface area contributed by atoms with Gasteiger partial charge in [0.25, 0.3) is 5.56 Å². The van der Waals surface area contributed by atoms with Crippen molar-refractivity contribution in [2.45, 2.75) is 51.1 Å². The van der Waals surface area contributed by atoms with Crippen LogP contribution >= 0.6 is 0 Å². The summed E-state index contributed by atoms with van der Waals surface area (Å²) < 4.78 is 3.80. The normalized spacial score (nSPS) is 16.8. The SMILES string of the molecule is O=c1c2cncc(C3CC3)c2ccn1Cc1cn2cc(CNCC3CCC3)ccc2n1. The van der Waals surface area contributed by atoms with Gasteiger partial charge in [-0.25, -0.2) is 4.98 Å². The third-order valence-electron chi connectivity index (χ3n) is 6.83. The fraction of sp³-hybridized carbons (Fsp3) is 0.400. The van der Waals surface area contributed by atoms with Crippen LogP contribution in [0.1, 0.15) is 54.8 Å². The van der Waals surface area contributed by atoms with E-state index >= 15 is 0 Å². The van der Waals surface area contributed by atoms with E-state index in [2.05, 4.69) is 39.1 Å². The lowest BCUT2D eigenvalue weighted by Crippen LogP contribution is -2.26. The molecule has 2 aliphatic rings. The zero-order chi connectivity index (χ0) is 20.8. The molecule has 0 atom stereocenters. The number of rotatable bonds is 7. The van der Waals surface area contributed by atoms with E-state index in [1.54, 1.807) is 10.8 Å². The van der Waals surface area contributed by atoms with Crippen molar-refractivity contribution in [2.75, 3.05) is 6.54 Å². The summed E-state index contributed by atoms with van der Waals surface area (Å²) in [5.74, 6) is 1.43. The zero-order valence-electron chi connectivity index (χ0n) is 17.6. The third-order valence-corrected chi connectivity index (χ3v) is 6.83. The van der Waals surface area contributed by atoms with E-state index in [-0.39, 0.29) is 5.56 Å². The van der Waals surface area contributed by atoms with Gasteiger partial charge in [-0.1, -0.05) is 12.5 Å². The van der Waals surface area contributed by atoms with E-state index in [1.165, 1.54) is 43.2 Å². The Labute approximate surface area is 181 Å². The van der Waals surface area contributed by atoms with Crippen molar-refractivity contribution in [3.8, 4) is 0 Å². The molecule has 0 aliphatic heterocycles. The van der Waals surface area contributed by atoms with E-state index in [0.29, 0.717) is 17.8 Å². The Morgan fingerprint density at radius 3 is 2.74 bits per heavy atom. The third kappa shape index (κ3) is 3.65. The van der Waals surface area contributed by atoms with E-state index in [9.17, 15) is 4.79 Å². The molecule has 31 heavy (non-hydrogen) atoms. The first-order valence-electron chi connectivity index (χ1n) is 11.4. The van der Waals surface area contributed by atoms with Gasteiger partial charge >= 0.3 is 0 Å². The minimum atomic E-state index is 0.00504. The summed E-state index contributed by atoms with van der Waals surface area (Å²) in [4.78, 5) is 22.1. The van der Waals surface area contributed by atoms with Crippen LogP contribution in [-0.4, -0.2) is 25.5 Å². The second-order valence-corrected chi connectivity index (χ2v) is 9.18. The summed E-state index contributed by atoms with van der Waals surface area (Å²) in [5.41, 5.74) is 4.26. The smallest absolute Gasteiger partial charge is 0.260 e. The maximum Gasteiger partial charge on any atom is 0.260 e. The van der Waals surface area contributed by atoms with Gasteiger partial charge in [0, 0.05) is 37.5 Å². The van der Waals surface area contributed by atoms with Crippen LogP contribution < -0.4 is 10.9 Å². The summed E-state index contributed by atoms with van der Waals surface area (Å²) in [6, 6.07) is 6.25. The highest BCUT2D eigenvalue weighted by Crippen LogP contribution is 2.42.